The molecule has 1 amide bonds. The van der Waals surface area contributed by atoms with E-state index in [4.69, 9.17) is 4.74 Å². The second-order valence-electron chi connectivity index (χ2n) is 21.7. The van der Waals surface area contributed by atoms with E-state index in [1.807, 2.05) is 0 Å². The van der Waals surface area contributed by atoms with Crippen molar-refractivity contribution in [3.8, 4) is 0 Å². The largest absolute Gasteiger partial charge is 0.466 e. The van der Waals surface area contributed by atoms with E-state index in [1.54, 1.807) is 0 Å². The second-order valence-corrected chi connectivity index (χ2v) is 21.7. The summed E-state index contributed by atoms with van der Waals surface area (Å²) in [6.45, 7) is 4.90. The van der Waals surface area contributed by atoms with Crippen molar-refractivity contribution in [1.82, 2.24) is 5.32 Å². The molecule has 0 bridgehead atoms. The average molecular weight is 975 g/mol. The third-order valence-corrected chi connectivity index (χ3v) is 14.8. The molecular weight excluding hydrogens is 851 g/mol. The highest BCUT2D eigenvalue weighted by Gasteiger charge is 2.20. The quantitative estimate of drug-likeness (QED) is 0.0321. The number of carbonyl (C=O) groups excluding carboxylic acids is 2. The van der Waals surface area contributed by atoms with Crippen molar-refractivity contribution >= 4 is 11.9 Å². The predicted molar refractivity (Wildman–Crippen MR) is 301 cm³/mol. The number of hydrogen-bond donors (Lipinski definition) is 3. The number of aliphatic hydroxyl groups is 2. The van der Waals surface area contributed by atoms with Crippen LogP contribution >= 0.6 is 0 Å². The van der Waals surface area contributed by atoms with Crippen LogP contribution in [0.4, 0.5) is 0 Å². The van der Waals surface area contributed by atoms with Gasteiger partial charge in [0.25, 0.3) is 0 Å². The molecule has 0 aromatic rings. The van der Waals surface area contributed by atoms with Gasteiger partial charge in [-0.15, -0.1) is 0 Å². The number of esters is 1. The lowest BCUT2D eigenvalue weighted by Gasteiger charge is -2.22. The van der Waals surface area contributed by atoms with E-state index >= 15 is 0 Å². The molecule has 0 spiro atoms. The molecule has 0 aliphatic rings. The van der Waals surface area contributed by atoms with E-state index in [2.05, 4.69) is 31.3 Å². The van der Waals surface area contributed by atoms with Crippen LogP contribution in [0.5, 0.6) is 0 Å². The number of ether oxygens (including phenoxy) is 1. The van der Waals surface area contributed by atoms with Crippen LogP contribution in [0.3, 0.4) is 0 Å². The SMILES string of the molecule is CCCCCCCCCCCCCCCCCCCCCCCCCC(O)C(CO)NC(=O)CCCCCC/C=C\CCCCOC(=O)CCCCCCCCCCCCCCCCCCCCC. The molecule has 0 aromatic carbocycles. The molecule has 0 fully saturated rings. The highest BCUT2D eigenvalue weighted by molar-refractivity contribution is 5.76. The molecule has 0 saturated heterocycles. The molecule has 2 unspecified atom stereocenters. The van der Waals surface area contributed by atoms with Crippen molar-refractivity contribution < 1.29 is 24.5 Å². The fourth-order valence-corrected chi connectivity index (χ4v) is 9.99. The number of rotatable bonds is 59. The van der Waals surface area contributed by atoms with Crippen LogP contribution in [0, 0.1) is 0 Å². The highest BCUT2D eigenvalue weighted by atomic mass is 16.5. The third-order valence-electron chi connectivity index (χ3n) is 14.8. The Bertz CT molecular complexity index is 1030. The van der Waals surface area contributed by atoms with E-state index in [0.717, 1.165) is 77.0 Å². The summed E-state index contributed by atoms with van der Waals surface area (Å²) in [5.41, 5.74) is 0. The van der Waals surface area contributed by atoms with Gasteiger partial charge in [0, 0.05) is 12.8 Å². The molecule has 0 aliphatic carbocycles. The third kappa shape index (κ3) is 55.8. The lowest BCUT2D eigenvalue weighted by Crippen LogP contribution is -2.45. The summed E-state index contributed by atoms with van der Waals surface area (Å²) in [4.78, 5) is 24.6. The molecule has 0 aliphatic heterocycles. The molecule has 0 aromatic heterocycles. The van der Waals surface area contributed by atoms with Crippen molar-refractivity contribution in [2.75, 3.05) is 13.2 Å². The monoisotopic (exact) mass is 974 g/mol. The Labute approximate surface area is 431 Å². The van der Waals surface area contributed by atoms with Crippen LogP contribution in [0.25, 0.3) is 0 Å². The van der Waals surface area contributed by atoms with Gasteiger partial charge in [-0.2, -0.15) is 0 Å². The maximum absolute atomic E-state index is 12.5. The number of unbranched alkanes of at least 4 members (excludes halogenated alkanes) is 46. The fraction of sp³-hybridized carbons (Fsp3) is 0.937. The molecule has 410 valence electrons. The van der Waals surface area contributed by atoms with Crippen molar-refractivity contribution in [1.29, 1.82) is 0 Å². The number of amides is 1. The number of hydrogen-bond acceptors (Lipinski definition) is 5. The Kier molecular flexibility index (Phi) is 58.0. The smallest absolute Gasteiger partial charge is 0.305 e. The first-order chi connectivity index (χ1) is 34.0. The zero-order chi connectivity index (χ0) is 50.0. The minimum atomic E-state index is -0.686. The molecule has 2 atom stereocenters. The zero-order valence-corrected chi connectivity index (χ0v) is 46.8. The van der Waals surface area contributed by atoms with Gasteiger partial charge in [-0.3, -0.25) is 9.59 Å². The average Bonchev–Trinajstić information content (AvgIpc) is 3.35. The van der Waals surface area contributed by atoms with Crippen LogP contribution in [0.2, 0.25) is 0 Å². The first-order valence-electron chi connectivity index (χ1n) is 31.4. The van der Waals surface area contributed by atoms with E-state index in [1.165, 1.54) is 244 Å². The van der Waals surface area contributed by atoms with Gasteiger partial charge >= 0.3 is 5.97 Å². The minimum Gasteiger partial charge on any atom is -0.466 e. The van der Waals surface area contributed by atoms with E-state index in [9.17, 15) is 19.8 Å². The van der Waals surface area contributed by atoms with Crippen molar-refractivity contribution in [2.45, 2.75) is 366 Å². The maximum atomic E-state index is 12.5. The Morgan fingerprint density at radius 3 is 1.03 bits per heavy atom. The fourth-order valence-electron chi connectivity index (χ4n) is 9.99. The Hall–Kier alpha value is -1.40. The summed E-state index contributed by atoms with van der Waals surface area (Å²) in [6, 6.07) is -0.567. The van der Waals surface area contributed by atoms with E-state index in [0.29, 0.717) is 25.9 Å². The molecule has 3 N–H and O–H groups in total. The van der Waals surface area contributed by atoms with Gasteiger partial charge in [0.2, 0.25) is 5.91 Å². The number of nitrogens with one attached hydrogen (secondary N) is 1. The molecule has 6 heteroatoms. The summed E-state index contributed by atoms with van der Waals surface area (Å²) < 4.78 is 5.46. The number of allylic oxidation sites excluding steroid dienone is 2. The predicted octanol–water partition coefficient (Wildman–Crippen LogP) is 19.6. The number of carbonyl (C=O) groups is 2. The minimum absolute atomic E-state index is 0.0301. The highest BCUT2D eigenvalue weighted by Crippen LogP contribution is 2.18. The first kappa shape index (κ1) is 67.6. The summed E-state index contributed by atoms with van der Waals surface area (Å²) in [7, 11) is 0. The van der Waals surface area contributed by atoms with Crippen LogP contribution in [0.15, 0.2) is 12.2 Å². The van der Waals surface area contributed by atoms with Crippen LogP contribution in [-0.2, 0) is 14.3 Å². The zero-order valence-electron chi connectivity index (χ0n) is 46.8. The number of aliphatic hydroxyl groups excluding tert-OH is 2. The summed E-state index contributed by atoms with van der Waals surface area (Å²) in [6.07, 6.45) is 70.8. The first-order valence-corrected chi connectivity index (χ1v) is 31.4. The Morgan fingerprint density at radius 1 is 0.391 bits per heavy atom. The molecule has 69 heavy (non-hydrogen) atoms. The van der Waals surface area contributed by atoms with Gasteiger partial charge in [-0.25, -0.2) is 0 Å². The summed E-state index contributed by atoms with van der Waals surface area (Å²) in [5, 5.41) is 23.3. The van der Waals surface area contributed by atoms with Gasteiger partial charge in [0.1, 0.15) is 0 Å². The molecular formula is C63H123NO5. The summed E-state index contributed by atoms with van der Waals surface area (Å²) >= 11 is 0. The molecule has 0 saturated carbocycles. The van der Waals surface area contributed by atoms with Gasteiger partial charge in [0.15, 0.2) is 0 Å². The van der Waals surface area contributed by atoms with Gasteiger partial charge < -0.3 is 20.3 Å². The molecule has 0 radical (unpaired) electrons. The summed E-state index contributed by atoms with van der Waals surface area (Å²) in [5.74, 6) is -0.0961. The normalized spacial score (nSPS) is 12.6. The van der Waals surface area contributed by atoms with Gasteiger partial charge in [-0.05, 0) is 51.4 Å². The second kappa shape index (κ2) is 59.2. The van der Waals surface area contributed by atoms with Crippen molar-refractivity contribution in [3.05, 3.63) is 12.2 Å². The standard InChI is InChI=1S/C63H123NO5/c1-3-5-7-9-11-13-15-17-19-21-23-24-25-26-28-29-31-33-35-39-43-47-51-55-61(66)60(59-65)64-62(67)56-52-48-44-40-37-38-42-46-50-54-58-69-63(68)57-53-49-45-41-36-34-32-30-27-22-20-18-16-14-12-10-8-6-4-2/h38,42,60-61,65-66H,3-37,39-41,43-59H2,1-2H3,(H,64,67)/b42-38-. The van der Waals surface area contributed by atoms with E-state index in [-0.39, 0.29) is 18.5 Å². The van der Waals surface area contributed by atoms with Gasteiger partial charge in [0.05, 0.1) is 25.4 Å². The van der Waals surface area contributed by atoms with Crippen LogP contribution < -0.4 is 5.32 Å². The Balaban J connectivity index is 3.47. The van der Waals surface area contributed by atoms with E-state index < -0.39 is 12.1 Å². The molecule has 0 rings (SSSR count). The van der Waals surface area contributed by atoms with Crippen LogP contribution in [0.1, 0.15) is 354 Å². The van der Waals surface area contributed by atoms with Crippen LogP contribution in [-0.4, -0.2) is 47.4 Å². The lowest BCUT2D eigenvalue weighted by atomic mass is 10.0. The topological polar surface area (TPSA) is 95.9 Å². The lowest BCUT2D eigenvalue weighted by molar-refractivity contribution is -0.143. The van der Waals surface area contributed by atoms with Crippen molar-refractivity contribution in [3.63, 3.8) is 0 Å². The molecule has 0 heterocycles. The van der Waals surface area contributed by atoms with Gasteiger partial charge in [-0.1, -0.05) is 302 Å². The molecule has 6 nitrogen and oxygen atoms in total. The van der Waals surface area contributed by atoms with Crippen molar-refractivity contribution in [2.24, 2.45) is 0 Å². The Morgan fingerprint density at radius 2 is 0.681 bits per heavy atom. The maximum Gasteiger partial charge on any atom is 0.305 e.